The Hall–Kier alpha value is -1.25. The summed E-state index contributed by atoms with van der Waals surface area (Å²) >= 11 is 0. The van der Waals surface area contributed by atoms with E-state index in [1.807, 2.05) is 6.07 Å². The number of anilines is 1. The molecule has 0 radical (unpaired) electrons. The van der Waals surface area contributed by atoms with E-state index >= 15 is 0 Å². The molecule has 0 atom stereocenters. The predicted octanol–water partition coefficient (Wildman–Crippen LogP) is 3.11. The van der Waals surface area contributed by atoms with Crippen LogP contribution in [0, 0.1) is 5.92 Å². The zero-order valence-corrected chi connectivity index (χ0v) is 10.0. The Morgan fingerprint density at radius 3 is 2.62 bits per heavy atom. The van der Waals surface area contributed by atoms with Crippen LogP contribution in [0.4, 0.5) is 5.88 Å². The summed E-state index contributed by atoms with van der Waals surface area (Å²) in [5.74, 6) is 2.17. The molecule has 0 aromatic carbocycles. The number of hydrogen-bond donors (Lipinski definition) is 0. The minimum absolute atomic E-state index is 0.00491. The van der Waals surface area contributed by atoms with Crippen LogP contribution >= 0.6 is 0 Å². The Morgan fingerprint density at radius 1 is 1.44 bits per heavy atom. The topological polar surface area (TPSA) is 33.5 Å². The van der Waals surface area contributed by atoms with Crippen molar-refractivity contribution in [2.45, 2.75) is 33.1 Å². The molecule has 3 heteroatoms. The van der Waals surface area contributed by atoms with Gasteiger partial charge < -0.3 is 9.32 Å². The van der Waals surface area contributed by atoms with Crippen LogP contribution in [0.2, 0.25) is 0 Å². The number of carbonyl (C=O) groups is 1. The largest absolute Gasteiger partial charge is 0.437 e. The monoisotopic (exact) mass is 221 g/mol. The molecule has 2 rings (SSSR count). The van der Waals surface area contributed by atoms with Crippen LogP contribution in [0.25, 0.3) is 0 Å². The number of Topliss-reactive ketones (excluding diaryl/α,β-unsaturated/α-hetero) is 1. The van der Waals surface area contributed by atoms with Crippen molar-refractivity contribution in [3.63, 3.8) is 0 Å². The molecule has 1 aliphatic heterocycles. The normalized spacial score (nSPS) is 17.8. The van der Waals surface area contributed by atoms with Crippen molar-refractivity contribution in [2.24, 2.45) is 5.92 Å². The molecule has 16 heavy (non-hydrogen) atoms. The van der Waals surface area contributed by atoms with Gasteiger partial charge in [-0.2, -0.15) is 0 Å². The number of hydrogen-bond acceptors (Lipinski definition) is 3. The Morgan fingerprint density at radius 2 is 2.12 bits per heavy atom. The van der Waals surface area contributed by atoms with E-state index in [9.17, 15) is 4.79 Å². The van der Waals surface area contributed by atoms with Crippen LogP contribution in [0.3, 0.4) is 0 Å². The second-order valence-electron chi connectivity index (χ2n) is 4.53. The van der Waals surface area contributed by atoms with E-state index in [1.165, 1.54) is 26.2 Å². The second-order valence-corrected chi connectivity index (χ2v) is 4.53. The maximum absolute atomic E-state index is 11.1. The van der Waals surface area contributed by atoms with Crippen LogP contribution in [-0.4, -0.2) is 18.9 Å². The Bertz CT molecular complexity index is 362. The van der Waals surface area contributed by atoms with Crippen molar-refractivity contribution in [1.29, 1.82) is 0 Å². The molecular weight excluding hydrogens is 202 g/mol. The quantitative estimate of drug-likeness (QED) is 0.735. The summed E-state index contributed by atoms with van der Waals surface area (Å²) in [7, 11) is 0. The first kappa shape index (κ1) is 11.2. The van der Waals surface area contributed by atoms with Crippen molar-refractivity contribution >= 4 is 11.7 Å². The van der Waals surface area contributed by atoms with Gasteiger partial charge in [-0.3, -0.25) is 4.79 Å². The number of piperidine rings is 1. The molecule has 0 unspecified atom stereocenters. The van der Waals surface area contributed by atoms with Crippen molar-refractivity contribution in [2.75, 3.05) is 18.0 Å². The number of furan rings is 1. The fraction of sp³-hybridized carbons (Fsp3) is 0.615. The first-order valence-electron chi connectivity index (χ1n) is 6.06. The van der Waals surface area contributed by atoms with Crippen LogP contribution in [0.1, 0.15) is 43.7 Å². The summed E-state index contributed by atoms with van der Waals surface area (Å²) in [6, 6.07) is 3.67. The van der Waals surface area contributed by atoms with Crippen LogP contribution in [0.5, 0.6) is 0 Å². The molecule has 1 aromatic heterocycles. The minimum Gasteiger partial charge on any atom is -0.437 e. The molecule has 2 heterocycles. The fourth-order valence-electron chi connectivity index (χ4n) is 2.25. The number of nitrogens with zero attached hydrogens (tertiary/aromatic N) is 1. The molecule has 1 saturated heterocycles. The number of carbonyl (C=O) groups excluding carboxylic acids is 1. The van der Waals surface area contributed by atoms with Crippen molar-refractivity contribution < 1.29 is 9.21 Å². The highest BCUT2D eigenvalue weighted by Crippen LogP contribution is 2.26. The molecule has 88 valence electrons. The summed E-state index contributed by atoms with van der Waals surface area (Å²) in [4.78, 5) is 13.4. The van der Waals surface area contributed by atoms with Gasteiger partial charge in [-0.1, -0.05) is 13.3 Å². The average molecular weight is 221 g/mol. The standard InChI is InChI=1S/C13H19NO2/c1-3-11-6-8-14(9-7-11)13-5-4-12(16-13)10(2)15/h4-5,11H,3,6-9H2,1-2H3. The van der Waals surface area contributed by atoms with Crippen LogP contribution < -0.4 is 4.90 Å². The molecule has 1 aromatic rings. The zero-order valence-electron chi connectivity index (χ0n) is 10.0. The SMILES string of the molecule is CCC1CCN(c2ccc(C(C)=O)o2)CC1. The smallest absolute Gasteiger partial charge is 0.196 e. The van der Waals surface area contributed by atoms with E-state index in [1.54, 1.807) is 6.07 Å². The first-order valence-corrected chi connectivity index (χ1v) is 6.06. The molecule has 1 fully saturated rings. The van der Waals surface area contributed by atoms with Gasteiger partial charge in [0.2, 0.25) is 0 Å². The van der Waals surface area contributed by atoms with Gasteiger partial charge in [0.05, 0.1) is 0 Å². The lowest BCUT2D eigenvalue weighted by Crippen LogP contribution is -2.33. The lowest BCUT2D eigenvalue weighted by Gasteiger charge is -2.31. The highest BCUT2D eigenvalue weighted by atomic mass is 16.4. The molecule has 0 N–H and O–H groups in total. The van der Waals surface area contributed by atoms with E-state index in [-0.39, 0.29) is 5.78 Å². The molecule has 0 saturated carbocycles. The highest BCUT2D eigenvalue weighted by molar-refractivity contribution is 5.91. The van der Waals surface area contributed by atoms with Gasteiger partial charge in [0, 0.05) is 26.1 Å². The third-order valence-electron chi connectivity index (χ3n) is 3.44. The van der Waals surface area contributed by atoms with Gasteiger partial charge in [0.25, 0.3) is 0 Å². The minimum atomic E-state index is -0.00491. The summed E-state index contributed by atoms with van der Waals surface area (Å²) in [6.45, 7) is 5.87. The maximum atomic E-state index is 11.1. The Kier molecular flexibility index (Phi) is 3.32. The Labute approximate surface area is 96.4 Å². The lowest BCUT2D eigenvalue weighted by atomic mass is 9.94. The van der Waals surface area contributed by atoms with Crippen LogP contribution in [-0.2, 0) is 0 Å². The highest BCUT2D eigenvalue weighted by Gasteiger charge is 2.20. The predicted molar refractivity (Wildman–Crippen MR) is 63.9 cm³/mol. The third kappa shape index (κ3) is 2.29. The van der Waals surface area contributed by atoms with Crippen molar-refractivity contribution in [3.8, 4) is 0 Å². The zero-order chi connectivity index (χ0) is 11.5. The first-order chi connectivity index (χ1) is 7.70. The second kappa shape index (κ2) is 4.73. The Balaban J connectivity index is 2.00. The van der Waals surface area contributed by atoms with E-state index in [2.05, 4.69) is 11.8 Å². The van der Waals surface area contributed by atoms with Crippen molar-refractivity contribution in [1.82, 2.24) is 0 Å². The molecule has 1 aliphatic rings. The molecule has 0 amide bonds. The van der Waals surface area contributed by atoms with Gasteiger partial charge in [-0.15, -0.1) is 0 Å². The van der Waals surface area contributed by atoms with E-state index in [0.29, 0.717) is 5.76 Å². The summed E-state index contributed by atoms with van der Waals surface area (Å²) < 4.78 is 5.53. The van der Waals surface area contributed by atoms with Gasteiger partial charge >= 0.3 is 0 Å². The lowest BCUT2D eigenvalue weighted by molar-refractivity contribution is 0.0987. The molecule has 0 aliphatic carbocycles. The third-order valence-corrected chi connectivity index (χ3v) is 3.44. The van der Waals surface area contributed by atoms with Gasteiger partial charge in [-0.25, -0.2) is 0 Å². The van der Waals surface area contributed by atoms with Crippen LogP contribution in [0.15, 0.2) is 16.5 Å². The summed E-state index contributed by atoms with van der Waals surface area (Å²) in [5, 5.41) is 0. The molecular formula is C13H19NO2. The van der Waals surface area contributed by atoms with Gasteiger partial charge in [0.15, 0.2) is 17.4 Å². The molecule has 3 nitrogen and oxygen atoms in total. The fourth-order valence-corrected chi connectivity index (χ4v) is 2.25. The average Bonchev–Trinajstić information content (AvgIpc) is 2.78. The van der Waals surface area contributed by atoms with Gasteiger partial charge in [-0.05, 0) is 24.8 Å². The van der Waals surface area contributed by atoms with Crippen molar-refractivity contribution in [3.05, 3.63) is 17.9 Å². The number of ketones is 1. The molecule has 0 bridgehead atoms. The van der Waals surface area contributed by atoms with E-state index in [4.69, 9.17) is 4.42 Å². The van der Waals surface area contributed by atoms with E-state index < -0.39 is 0 Å². The maximum Gasteiger partial charge on any atom is 0.196 e. The summed E-state index contributed by atoms with van der Waals surface area (Å²) in [6.07, 6.45) is 3.73. The number of rotatable bonds is 3. The van der Waals surface area contributed by atoms with E-state index in [0.717, 1.165) is 24.9 Å². The molecule has 0 spiro atoms. The van der Waals surface area contributed by atoms with Gasteiger partial charge in [0.1, 0.15) is 0 Å². The summed E-state index contributed by atoms with van der Waals surface area (Å²) in [5.41, 5.74) is 0.